The fourth-order valence-corrected chi connectivity index (χ4v) is 3.30. The van der Waals surface area contributed by atoms with Gasteiger partial charge in [-0.25, -0.2) is 0 Å². The van der Waals surface area contributed by atoms with Crippen LogP contribution in [-0.4, -0.2) is 7.05 Å². The number of anilines is 1. The largest absolute Gasteiger partial charge is 0.369 e. The Morgan fingerprint density at radius 3 is 2.50 bits per heavy atom. The normalized spacial score (nSPS) is 12.4. The Hall–Kier alpha value is -0.840. The van der Waals surface area contributed by atoms with Gasteiger partial charge in [-0.15, -0.1) is 11.3 Å². The summed E-state index contributed by atoms with van der Waals surface area (Å²) in [4.78, 5) is 3.59. The molecule has 0 fully saturated rings. The predicted molar refractivity (Wildman–Crippen MR) is 83.2 cm³/mol. The Labute approximate surface area is 121 Å². The molecule has 0 bridgehead atoms. The molecule has 96 valence electrons. The van der Waals surface area contributed by atoms with Crippen LogP contribution < -0.4 is 10.6 Å². The Balaban J connectivity index is 2.06. The molecule has 18 heavy (non-hydrogen) atoms. The highest BCUT2D eigenvalue weighted by Crippen LogP contribution is 2.24. The number of benzene rings is 1. The second-order valence-corrected chi connectivity index (χ2v) is 6.38. The molecule has 0 amide bonds. The van der Waals surface area contributed by atoms with Gasteiger partial charge in [-0.05, 0) is 46.6 Å². The van der Waals surface area contributed by atoms with E-state index in [2.05, 4.69) is 63.6 Å². The van der Waals surface area contributed by atoms with E-state index >= 15 is 0 Å². The molecule has 0 aliphatic carbocycles. The molecule has 0 saturated carbocycles. The number of nitrogens with two attached hydrogens (primary N) is 1. The van der Waals surface area contributed by atoms with E-state index in [-0.39, 0.29) is 6.04 Å². The number of hydrogen-bond acceptors (Lipinski definition) is 3. The van der Waals surface area contributed by atoms with Crippen LogP contribution in [0.15, 0.2) is 40.2 Å². The highest BCUT2D eigenvalue weighted by atomic mass is 79.9. The Kier molecular flexibility index (Phi) is 4.43. The third-order valence-electron chi connectivity index (χ3n) is 2.87. The van der Waals surface area contributed by atoms with E-state index in [1.54, 1.807) is 11.3 Å². The van der Waals surface area contributed by atoms with Gasteiger partial charge in [-0.2, -0.15) is 0 Å². The highest BCUT2D eigenvalue weighted by Gasteiger charge is 2.05. The number of thiophene rings is 1. The lowest BCUT2D eigenvalue weighted by Crippen LogP contribution is -2.15. The molecule has 0 aliphatic rings. The quantitative estimate of drug-likeness (QED) is 0.914. The first kappa shape index (κ1) is 13.6. The third-order valence-corrected chi connectivity index (χ3v) is 4.56. The first-order valence-electron chi connectivity index (χ1n) is 5.86. The van der Waals surface area contributed by atoms with Gasteiger partial charge >= 0.3 is 0 Å². The minimum atomic E-state index is 0.0950. The van der Waals surface area contributed by atoms with Crippen LogP contribution in [0.25, 0.3) is 0 Å². The van der Waals surface area contributed by atoms with Gasteiger partial charge in [0.25, 0.3) is 0 Å². The molecule has 0 spiro atoms. The van der Waals surface area contributed by atoms with E-state index in [0.29, 0.717) is 0 Å². The van der Waals surface area contributed by atoms with Crippen molar-refractivity contribution >= 4 is 33.0 Å². The van der Waals surface area contributed by atoms with Crippen LogP contribution in [-0.2, 0) is 6.54 Å². The number of rotatable bonds is 4. The zero-order chi connectivity index (χ0) is 13.1. The third kappa shape index (κ3) is 3.34. The van der Waals surface area contributed by atoms with Crippen LogP contribution in [0.1, 0.15) is 23.4 Å². The van der Waals surface area contributed by atoms with Crippen LogP contribution in [0.4, 0.5) is 5.69 Å². The van der Waals surface area contributed by atoms with Gasteiger partial charge in [-0.3, -0.25) is 0 Å². The van der Waals surface area contributed by atoms with E-state index in [0.717, 1.165) is 11.0 Å². The second-order valence-electron chi connectivity index (χ2n) is 4.47. The molecular formula is C14H17BrN2S. The summed E-state index contributed by atoms with van der Waals surface area (Å²) in [7, 11) is 2.11. The first-order chi connectivity index (χ1) is 8.56. The average molecular weight is 325 g/mol. The molecule has 1 aromatic heterocycles. The number of halogens is 1. The standard InChI is InChI=1S/C14H17BrN2S/c1-10(16)11-3-5-13(6-4-11)17(2)8-14-7-12(15)9-18-14/h3-7,9-10H,8,16H2,1-2H3/t10-/m0/s1. The van der Waals surface area contributed by atoms with Crippen molar-refractivity contribution in [1.82, 2.24) is 0 Å². The maximum atomic E-state index is 5.85. The van der Waals surface area contributed by atoms with Gasteiger partial charge in [0.1, 0.15) is 0 Å². The summed E-state index contributed by atoms with van der Waals surface area (Å²) in [5.41, 5.74) is 8.23. The molecule has 4 heteroatoms. The topological polar surface area (TPSA) is 29.3 Å². The number of hydrogen-bond donors (Lipinski definition) is 1. The van der Waals surface area contributed by atoms with Crippen molar-refractivity contribution < 1.29 is 0 Å². The van der Waals surface area contributed by atoms with E-state index in [1.165, 1.54) is 16.1 Å². The monoisotopic (exact) mass is 324 g/mol. The minimum Gasteiger partial charge on any atom is -0.369 e. The molecule has 2 aromatic rings. The lowest BCUT2D eigenvalue weighted by atomic mass is 10.1. The Bertz CT molecular complexity index is 505. The van der Waals surface area contributed by atoms with Gasteiger partial charge in [0.15, 0.2) is 0 Å². The summed E-state index contributed by atoms with van der Waals surface area (Å²) < 4.78 is 1.16. The molecule has 2 N–H and O–H groups in total. The molecule has 1 heterocycles. The summed E-state index contributed by atoms with van der Waals surface area (Å²) >= 11 is 5.25. The zero-order valence-corrected chi connectivity index (χ0v) is 13.0. The fraction of sp³-hybridized carbons (Fsp3) is 0.286. The van der Waals surface area contributed by atoms with Crippen molar-refractivity contribution in [2.45, 2.75) is 19.5 Å². The molecule has 1 aromatic carbocycles. The van der Waals surface area contributed by atoms with Crippen molar-refractivity contribution in [3.05, 3.63) is 50.6 Å². The lowest BCUT2D eigenvalue weighted by Gasteiger charge is -2.19. The maximum Gasteiger partial charge on any atom is 0.0519 e. The average Bonchev–Trinajstić information content (AvgIpc) is 2.75. The van der Waals surface area contributed by atoms with Gasteiger partial charge in [0.2, 0.25) is 0 Å². The van der Waals surface area contributed by atoms with Crippen LogP contribution in [0.5, 0.6) is 0 Å². The van der Waals surface area contributed by atoms with E-state index in [9.17, 15) is 0 Å². The molecule has 2 rings (SSSR count). The summed E-state index contributed by atoms with van der Waals surface area (Å²) in [5.74, 6) is 0. The van der Waals surface area contributed by atoms with E-state index in [1.807, 2.05) is 6.92 Å². The molecule has 0 aliphatic heterocycles. The maximum absolute atomic E-state index is 5.85. The van der Waals surface area contributed by atoms with Crippen LogP contribution in [0.3, 0.4) is 0 Å². The first-order valence-corrected chi connectivity index (χ1v) is 7.53. The van der Waals surface area contributed by atoms with E-state index in [4.69, 9.17) is 5.73 Å². The predicted octanol–water partition coefficient (Wildman–Crippen LogP) is 4.17. The van der Waals surface area contributed by atoms with Gasteiger partial charge in [-0.1, -0.05) is 12.1 Å². The van der Waals surface area contributed by atoms with Crippen LogP contribution in [0.2, 0.25) is 0 Å². The van der Waals surface area contributed by atoms with Crippen molar-refractivity contribution in [3.63, 3.8) is 0 Å². The summed E-state index contributed by atoms with van der Waals surface area (Å²) in [5, 5.41) is 2.11. The van der Waals surface area contributed by atoms with Crippen molar-refractivity contribution in [3.8, 4) is 0 Å². The number of nitrogens with zero attached hydrogens (tertiary/aromatic N) is 1. The minimum absolute atomic E-state index is 0.0950. The van der Waals surface area contributed by atoms with Crippen molar-refractivity contribution in [2.75, 3.05) is 11.9 Å². The van der Waals surface area contributed by atoms with E-state index < -0.39 is 0 Å². The SMILES string of the molecule is C[C@H](N)c1ccc(N(C)Cc2cc(Br)cs2)cc1. The molecular weight excluding hydrogens is 308 g/mol. The molecule has 1 atom stereocenters. The lowest BCUT2D eigenvalue weighted by molar-refractivity contribution is 0.817. The molecule has 0 unspecified atom stereocenters. The van der Waals surface area contributed by atoms with Gasteiger partial charge in [0, 0.05) is 33.5 Å². The fourth-order valence-electron chi connectivity index (χ4n) is 1.79. The van der Waals surface area contributed by atoms with Gasteiger partial charge in [0.05, 0.1) is 6.54 Å². The van der Waals surface area contributed by atoms with Crippen molar-refractivity contribution in [1.29, 1.82) is 0 Å². The van der Waals surface area contributed by atoms with Crippen LogP contribution in [0, 0.1) is 0 Å². The molecule has 0 saturated heterocycles. The summed E-state index contributed by atoms with van der Waals surface area (Å²) in [6.07, 6.45) is 0. The van der Waals surface area contributed by atoms with Crippen LogP contribution >= 0.6 is 27.3 Å². The summed E-state index contributed by atoms with van der Waals surface area (Å²) in [6, 6.07) is 10.7. The summed E-state index contributed by atoms with van der Waals surface area (Å²) in [6.45, 7) is 2.93. The smallest absolute Gasteiger partial charge is 0.0519 e. The molecule has 2 nitrogen and oxygen atoms in total. The van der Waals surface area contributed by atoms with Crippen molar-refractivity contribution in [2.24, 2.45) is 5.73 Å². The van der Waals surface area contributed by atoms with Gasteiger partial charge < -0.3 is 10.6 Å². The highest BCUT2D eigenvalue weighted by molar-refractivity contribution is 9.10. The zero-order valence-electron chi connectivity index (χ0n) is 10.6. The molecule has 0 radical (unpaired) electrons. The second kappa shape index (κ2) is 5.87. The Morgan fingerprint density at radius 2 is 2.00 bits per heavy atom. The Morgan fingerprint density at radius 1 is 1.33 bits per heavy atom.